The predicted octanol–water partition coefficient (Wildman–Crippen LogP) is 4.13. The maximum Gasteiger partial charge on any atom is 0.416 e. The molecule has 0 aromatic heterocycles. The third-order valence-corrected chi connectivity index (χ3v) is 2.27. The van der Waals surface area contributed by atoms with Gasteiger partial charge in [0.15, 0.2) is 0 Å². The van der Waals surface area contributed by atoms with E-state index in [2.05, 4.69) is 0 Å². The van der Waals surface area contributed by atoms with Gasteiger partial charge in [-0.2, -0.15) is 26.3 Å². The summed E-state index contributed by atoms with van der Waals surface area (Å²) in [5, 5.41) is 8.50. The summed E-state index contributed by atoms with van der Waals surface area (Å²) < 4.78 is 73.8. The van der Waals surface area contributed by atoms with Gasteiger partial charge in [0.2, 0.25) is 0 Å². The summed E-state index contributed by atoms with van der Waals surface area (Å²) in [5.74, 6) is -1.61. The Balaban J connectivity index is 3.13. The molecule has 110 valence electrons. The Kier molecular flexibility index (Phi) is 4.46. The quantitative estimate of drug-likeness (QED) is 0.673. The molecular weight excluding hydrogens is 290 g/mol. The second kappa shape index (κ2) is 5.56. The summed E-state index contributed by atoms with van der Waals surface area (Å²) in [6.45, 7) is 0. The number of rotatable bonds is 3. The van der Waals surface area contributed by atoms with Gasteiger partial charge in [-0.1, -0.05) is 12.1 Å². The summed E-state index contributed by atoms with van der Waals surface area (Å²) >= 11 is 0. The molecule has 8 heteroatoms. The minimum Gasteiger partial charge on any atom is -0.478 e. The van der Waals surface area contributed by atoms with E-state index in [-0.39, 0.29) is 5.56 Å². The topological polar surface area (TPSA) is 37.3 Å². The second-order valence-corrected chi connectivity index (χ2v) is 3.87. The Labute approximate surface area is 109 Å². The molecule has 0 heterocycles. The Morgan fingerprint density at radius 3 is 1.90 bits per heavy atom. The van der Waals surface area contributed by atoms with E-state index >= 15 is 0 Å². The summed E-state index contributed by atoms with van der Waals surface area (Å²) in [6.07, 6.45) is -10.5. The third kappa shape index (κ3) is 4.94. The first kappa shape index (κ1) is 16.1. The van der Waals surface area contributed by atoms with Crippen LogP contribution < -0.4 is 0 Å². The SMILES string of the molecule is O=C(O)/C=C(\CC(F)(F)F)c1ccc(C(F)(F)F)cc1. The van der Waals surface area contributed by atoms with Crippen LogP contribution in [0.3, 0.4) is 0 Å². The standard InChI is InChI=1S/C12H8F6O2/c13-11(14,15)6-8(5-10(19)20)7-1-3-9(4-2-7)12(16,17)18/h1-5H,6H2,(H,19,20)/b8-5+. The van der Waals surface area contributed by atoms with Gasteiger partial charge in [-0.25, -0.2) is 4.79 Å². The van der Waals surface area contributed by atoms with Crippen molar-refractivity contribution in [2.45, 2.75) is 18.8 Å². The van der Waals surface area contributed by atoms with Gasteiger partial charge in [-0.05, 0) is 23.3 Å². The van der Waals surface area contributed by atoms with Crippen molar-refractivity contribution in [3.63, 3.8) is 0 Å². The third-order valence-electron chi connectivity index (χ3n) is 2.27. The van der Waals surface area contributed by atoms with E-state index in [9.17, 15) is 31.1 Å². The van der Waals surface area contributed by atoms with Gasteiger partial charge in [0.25, 0.3) is 0 Å². The van der Waals surface area contributed by atoms with Crippen molar-refractivity contribution >= 4 is 11.5 Å². The largest absolute Gasteiger partial charge is 0.478 e. The fourth-order valence-electron chi connectivity index (χ4n) is 1.47. The predicted molar refractivity (Wildman–Crippen MR) is 57.7 cm³/mol. The lowest BCUT2D eigenvalue weighted by molar-refractivity contribution is -0.137. The van der Waals surface area contributed by atoms with Gasteiger partial charge in [0, 0.05) is 6.08 Å². The number of aliphatic carboxylic acids is 1. The maximum atomic E-state index is 12.3. The fraction of sp³-hybridized carbons (Fsp3) is 0.250. The van der Waals surface area contributed by atoms with Crippen LogP contribution in [-0.2, 0) is 11.0 Å². The van der Waals surface area contributed by atoms with Crippen molar-refractivity contribution in [1.29, 1.82) is 0 Å². The van der Waals surface area contributed by atoms with E-state index in [4.69, 9.17) is 5.11 Å². The van der Waals surface area contributed by atoms with Crippen LogP contribution >= 0.6 is 0 Å². The van der Waals surface area contributed by atoms with Crippen LogP contribution in [0.25, 0.3) is 5.57 Å². The molecule has 0 aliphatic rings. The monoisotopic (exact) mass is 298 g/mol. The highest BCUT2D eigenvalue weighted by Gasteiger charge is 2.32. The van der Waals surface area contributed by atoms with E-state index in [1.54, 1.807) is 0 Å². The lowest BCUT2D eigenvalue weighted by Gasteiger charge is -2.12. The number of halogens is 6. The Morgan fingerprint density at radius 1 is 1.05 bits per heavy atom. The van der Waals surface area contributed by atoms with E-state index in [1.165, 1.54) is 0 Å². The first-order chi connectivity index (χ1) is 8.99. The number of carboxylic acids is 1. The highest BCUT2D eigenvalue weighted by Crippen LogP contribution is 2.33. The van der Waals surface area contributed by atoms with Gasteiger partial charge < -0.3 is 5.11 Å². The van der Waals surface area contributed by atoms with Crippen LogP contribution in [0.5, 0.6) is 0 Å². The average molecular weight is 298 g/mol. The van der Waals surface area contributed by atoms with E-state index in [1.807, 2.05) is 0 Å². The minimum absolute atomic E-state index is 0.224. The first-order valence-corrected chi connectivity index (χ1v) is 5.17. The van der Waals surface area contributed by atoms with Crippen LogP contribution in [0.1, 0.15) is 17.5 Å². The molecule has 0 saturated heterocycles. The molecule has 20 heavy (non-hydrogen) atoms. The van der Waals surface area contributed by atoms with Gasteiger partial charge in [-0.3, -0.25) is 0 Å². The lowest BCUT2D eigenvalue weighted by Crippen LogP contribution is -2.10. The molecule has 0 saturated carbocycles. The van der Waals surface area contributed by atoms with Crippen LogP contribution in [0.4, 0.5) is 26.3 Å². The molecule has 1 rings (SSSR count). The molecule has 0 fully saturated rings. The Morgan fingerprint density at radius 2 is 1.55 bits per heavy atom. The van der Waals surface area contributed by atoms with Crippen molar-refractivity contribution in [3.8, 4) is 0 Å². The van der Waals surface area contributed by atoms with Crippen molar-refractivity contribution in [1.82, 2.24) is 0 Å². The molecule has 0 spiro atoms. The lowest BCUT2D eigenvalue weighted by atomic mass is 10.0. The fourth-order valence-corrected chi connectivity index (χ4v) is 1.47. The molecule has 0 aliphatic heterocycles. The molecular formula is C12H8F6O2. The molecule has 0 bridgehead atoms. The summed E-state index contributed by atoms with van der Waals surface area (Å²) in [6, 6.07) is 2.81. The van der Waals surface area contributed by atoms with E-state index < -0.39 is 35.9 Å². The average Bonchev–Trinajstić information content (AvgIpc) is 2.24. The van der Waals surface area contributed by atoms with Gasteiger partial charge in [-0.15, -0.1) is 0 Å². The minimum atomic E-state index is -4.66. The molecule has 0 amide bonds. The second-order valence-electron chi connectivity index (χ2n) is 3.87. The van der Waals surface area contributed by atoms with E-state index in [0.717, 1.165) is 12.1 Å². The van der Waals surface area contributed by atoms with Crippen LogP contribution in [0.2, 0.25) is 0 Å². The van der Waals surface area contributed by atoms with Crippen LogP contribution in [0, 0.1) is 0 Å². The summed E-state index contributed by atoms with van der Waals surface area (Å²) in [7, 11) is 0. The normalized spacial score (nSPS) is 13.4. The maximum absolute atomic E-state index is 12.3. The number of benzene rings is 1. The van der Waals surface area contributed by atoms with Crippen molar-refractivity contribution in [2.24, 2.45) is 0 Å². The highest BCUT2D eigenvalue weighted by molar-refractivity contribution is 5.90. The number of hydrogen-bond donors (Lipinski definition) is 1. The molecule has 2 nitrogen and oxygen atoms in total. The summed E-state index contributed by atoms with van der Waals surface area (Å²) in [5.41, 5.74) is -1.86. The van der Waals surface area contributed by atoms with Gasteiger partial charge in [0.05, 0.1) is 12.0 Å². The van der Waals surface area contributed by atoms with Crippen molar-refractivity contribution in [3.05, 3.63) is 41.5 Å². The molecule has 0 unspecified atom stereocenters. The Bertz CT molecular complexity index is 510. The number of carbonyl (C=O) groups is 1. The van der Waals surface area contributed by atoms with Crippen molar-refractivity contribution < 1.29 is 36.2 Å². The van der Waals surface area contributed by atoms with Gasteiger partial charge >= 0.3 is 18.3 Å². The van der Waals surface area contributed by atoms with Crippen molar-refractivity contribution in [2.75, 3.05) is 0 Å². The Hall–Kier alpha value is -1.99. The first-order valence-electron chi connectivity index (χ1n) is 5.17. The molecule has 0 aliphatic carbocycles. The highest BCUT2D eigenvalue weighted by atomic mass is 19.4. The number of carboxylic acid groups (broad SMARTS) is 1. The number of alkyl halides is 6. The summed E-state index contributed by atoms with van der Waals surface area (Å²) in [4.78, 5) is 10.5. The zero-order valence-electron chi connectivity index (χ0n) is 9.72. The molecule has 0 radical (unpaired) electrons. The molecule has 1 aromatic rings. The van der Waals surface area contributed by atoms with Crippen LogP contribution in [-0.4, -0.2) is 17.3 Å². The van der Waals surface area contributed by atoms with E-state index in [0.29, 0.717) is 18.2 Å². The number of allylic oxidation sites excluding steroid dienone is 1. The molecule has 1 N–H and O–H groups in total. The van der Waals surface area contributed by atoms with Gasteiger partial charge in [0.1, 0.15) is 0 Å². The molecule has 1 aromatic carbocycles. The zero-order chi connectivity index (χ0) is 15.6. The zero-order valence-corrected chi connectivity index (χ0v) is 9.72. The van der Waals surface area contributed by atoms with Crippen LogP contribution in [0.15, 0.2) is 30.3 Å². The smallest absolute Gasteiger partial charge is 0.416 e. The number of hydrogen-bond acceptors (Lipinski definition) is 1. The molecule has 0 atom stereocenters.